The summed E-state index contributed by atoms with van der Waals surface area (Å²) in [6, 6.07) is 12.0. The lowest BCUT2D eigenvalue weighted by atomic mass is 10.2. The van der Waals surface area contributed by atoms with Gasteiger partial charge in [-0.05, 0) is 55.7 Å². The molecule has 0 amide bonds. The van der Waals surface area contributed by atoms with Crippen LogP contribution in [0.2, 0.25) is 0 Å². The molecule has 0 fully saturated rings. The summed E-state index contributed by atoms with van der Waals surface area (Å²) in [5.41, 5.74) is 9.57. The van der Waals surface area contributed by atoms with Crippen molar-refractivity contribution in [1.82, 2.24) is 19.6 Å². The molecule has 4 aromatic rings. The Morgan fingerprint density at radius 3 is 2.52 bits per heavy atom. The molecule has 8 heteroatoms. The van der Waals surface area contributed by atoms with Crippen molar-refractivity contribution in [3.63, 3.8) is 0 Å². The molecule has 8 nitrogen and oxygen atoms in total. The Hall–Kier alpha value is -3.65. The van der Waals surface area contributed by atoms with Gasteiger partial charge in [0, 0.05) is 31.2 Å². The Morgan fingerprint density at radius 1 is 1.00 bits per heavy atom. The van der Waals surface area contributed by atoms with Gasteiger partial charge in [-0.3, -0.25) is 4.98 Å². The van der Waals surface area contributed by atoms with Gasteiger partial charge in [0.15, 0.2) is 11.6 Å². The predicted octanol–water partition coefficient (Wildman–Crippen LogP) is 4.34. The van der Waals surface area contributed by atoms with E-state index in [-0.39, 0.29) is 0 Å². The van der Waals surface area contributed by atoms with E-state index in [1.807, 2.05) is 61.1 Å². The van der Waals surface area contributed by atoms with Crippen LogP contribution in [0.25, 0.3) is 11.0 Å². The Kier molecular flexibility index (Phi) is 7.04. The first-order chi connectivity index (χ1) is 16.1. The summed E-state index contributed by atoms with van der Waals surface area (Å²) in [5.74, 6) is 2.40. The molecule has 0 unspecified atom stereocenters. The van der Waals surface area contributed by atoms with Gasteiger partial charge < -0.3 is 20.2 Å². The fourth-order valence-corrected chi connectivity index (χ4v) is 3.64. The van der Waals surface area contributed by atoms with Gasteiger partial charge in [-0.2, -0.15) is 0 Å². The zero-order valence-corrected chi connectivity index (χ0v) is 19.6. The van der Waals surface area contributed by atoms with Crippen LogP contribution in [0.15, 0.2) is 48.8 Å². The van der Waals surface area contributed by atoms with E-state index in [1.54, 1.807) is 13.3 Å². The second-order valence-corrected chi connectivity index (χ2v) is 7.77. The summed E-state index contributed by atoms with van der Waals surface area (Å²) in [4.78, 5) is 13.9. The van der Waals surface area contributed by atoms with Crippen molar-refractivity contribution >= 4 is 16.9 Å². The Bertz CT molecular complexity index is 1210. The first-order valence-corrected chi connectivity index (χ1v) is 11.1. The quantitative estimate of drug-likeness (QED) is 0.375. The Morgan fingerprint density at radius 2 is 1.82 bits per heavy atom. The summed E-state index contributed by atoms with van der Waals surface area (Å²) in [6.45, 7) is 8.35. The molecule has 0 bridgehead atoms. The van der Waals surface area contributed by atoms with Crippen LogP contribution in [0.1, 0.15) is 35.1 Å². The van der Waals surface area contributed by atoms with Gasteiger partial charge in [0.05, 0.1) is 19.2 Å². The van der Waals surface area contributed by atoms with Gasteiger partial charge in [-0.15, -0.1) is 0 Å². The van der Waals surface area contributed by atoms with Gasteiger partial charge >= 0.3 is 0 Å². The molecule has 0 spiro atoms. The zero-order chi connectivity index (χ0) is 23.2. The lowest BCUT2D eigenvalue weighted by Gasteiger charge is -2.15. The van der Waals surface area contributed by atoms with E-state index in [4.69, 9.17) is 19.4 Å². The van der Waals surface area contributed by atoms with E-state index >= 15 is 0 Å². The van der Waals surface area contributed by atoms with Gasteiger partial charge in [-0.25, -0.2) is 14.6 Å². The minimum Gasteiger partial charge on any atom is -0.497 e. The molecule has 0 aliphatic rings. The van der Waals surface area contributed by atoms with Crippen molar-refractivity contribution in [3.05, 3.63) is 77.0 Å². The number of pyridine rings is 2. The fourth-order valence-electron chi connectivity index (χ4n) is 3.64. The highest BCUT2D eigenvalue weighted by Crippen LogP contribution is 2.28. The predicted molar refractivity (Wildman–Crippen MR) is 130 cm³/mol. The number of imidazole rings is 1. The summed E-state index contributed by atoms with van der Waals surface area (Å²) < 4.78 is 13.0. The molecule has 1 aromatic carbocycles. The summed E-state index contributed by atoms with van der Waals surface area (Å²) in [7, 11) is 1.67. The third-order valence-electron chi connectivity index (χ3n) is 5.57. The normalized spacial score (nSPS) is 11.0. The average molecular weight is 447 g/mol. The van der Waals surface area contributed by atoms with Crippen molar-refractivity contribution in [3.8, 4) is 5.75 Å². The van der Waals surface area contributed by atoms with Crippen LogP contribution < -0.4 is 15.5 Å². The van der Waals surface area contributed by atoms with Crippen LogP contribution in [0.5, 0.6) is 5.75 Å². The number of aromatic nitrogens is 4. The summed E-state index contributed by atoms with van der Waals surface area (Å²) in [5, 5.41) is 3.47. The monoisotopic (exact) mass is 446 g/mol. The molecular formula is C25H30N6O2. The maximum absolute atomic E-state index is 5.71. The number of aryl methyl sites for hydroxylation is 2. The van der Waals surface area contributed by atoms with E-state index in [2.05, 4.69) is 22.7 Å². The molecule has 172 valence electrons. The van der Waals surface area contributed by atoms with E-state index in [0.29, 0.717) is 26.3 Å². The van der Waals surface area contributed by atoms with Crippen molar-refractivity contribution in [1.29, 1.82) is 0 Å². The number of nitrogens with zero attached hydrogens (tertiary/aromatic N) is 4. The number of methoxy groups -OCH3 is 1. The molecule has 0 radical (unpaired) electrons. The number of benzene rings is 1. The average Bonchev–Trinajstić information content (AvgIpc) is 3.22. The molecule has 0 aliphatic heterocycles. The molecule has 0 aliphatic carbocycles. The van der Waals surface area contributed by atoms with Gasteiger partial charge in [0.1, 0.15) is 17.9 Å². The Balaban J connectivity index is 1.68. The minimum absolute atomic E-state index is 0.404. The maximum atomic E-state index is 5.71. The second-order valence-electron chi connectivity index (χ2n) is 7.77. The molecular weight excluding hydrogens is 416 g/mol. The first-order valence-electron chi connectivity index (χ1n) is 11.1. The minimum atomic E-state index is 0.404. The van der Waals surface area contributed by atoms with E-state index in [1.165, 1.54) is 0 Å². The SMILES string of the molecule is CCOCc1nc2c(NCc3ccc(OC)cc3)nc(C)c(C)c2n1NCc1cccnc1. The van der Waals surface area contributed by atoms with Crippen molar-refractivity contribution in [2.24, 2.45) is 0 Å². The highest BCUT2D eigenvalue weighted by Gasteiger charge is 2.19. The molecule has 2 N–H and O–H groups in total. The topological polar surface area (TPSA) is 86.1 Å². The standard InChI is InChI=1S/C25H30N6O2/c1-5-33-16-22-30-23-24(31(22)28-15-20-7-6-12-26-13-20)17(2)18(3)29-25(23)27-14-19-8-10-21(32-4)11-9-19/h6-13,28H,5,14-16H2,1-4H3,(H,27,29). The van der Waals surface area contributed by atoms with Crippen LogP contribution in [0.3, 0.4) is 0 Å². The van der Waals surface area contributed by atoms with Gasteiger partial charge in [0.2, 0.25) is 0 Å². The molecule has 33 heavy (non-hydrogen) atoms. The highest BCUT2D eigenvalue weighted by atomic mass is 16.5. The number of hydrogen-bond acceptors (Lipinski definition) is 7. The van der Waals surface area contributed by atoms with E-state index in [9.17, 15) is 0 Å². The zero-order valence-electron chi connectivity index (χ0n) is 19.6. The van der Waals surface area contributed by atoms with Crippen LogP contribution in [0.4, 0.5) is 5.82 Å². The van der Waals surface area contributed by atoms with E-state index in [0.717, 1.165) is 50.8 Å². The van der Waals surface area contributed by atoms with Gasteiger partial charge in [0.25, 0.3) is 0 Å². The third kappa shape index (κ3) is 5.06. The molecule has 3 heterocycles. The lowest BCUT2D eigenvalue weighted by molar-refractivity contribution is 0.127. The van der Waals surface area contributed by atoms with E-state index < -0.39 is 0 Å². The molecule has 4 rings (SSSR count). The van der Waals surface area contributed by atoms with Crippen LogP contribution in [-0.2, 0) is 24.4 Å². The molecule has 3 aromatic heterocycles. The van der Waals surface area contributed by atoms with Crippen molar-refractivity contribution in [2.75, 3.05) is 24.5 Å². The smallest absolute Gasteiger partial charge is 0.154 e. The third-order valence-corrected chi connectivity index (χ3v) is 5.57. The van der Waals surface area contributed by atoms with Crippen molar-refractivity contribution in [2.45, 2.75) is 40.5 Å². The first kappa shape index (κ1) is 22.5. The lowest BCUT2D eigenvalue weighted by Crippen LogP contribution is -2.18. The molecule has 0 saturated carbocycles. The van der Waals surface area contributed by atoms with Crippen LogP contribution in [0, 0.1) is 13.8 Å². The molecule has 0 atom stereocenters. The molecule has 0 saturated heterocycles. The summed E-state index contributed by atoms with van der Waals surface area (Å²) in [6.07, 6.45) is 3.63. The van der Waals surface area contributed by atoms with Crippen molar-refractivity contribution < 1.29 is 9.47 Å². The number of ether oxygens (including phenoxy) is 2. The number of rotatable bonds is 10. The maximum Gasteiger partial charge on any atom is 0.154 e. The fraction of sp³-hybridized carbons (Fsp3) is 0.320. The number of anilines is 1. The summed E-state index contributed by atoms with van der Waals surface area (Å²) >= 11 is 0. The second kappa shape index (κ2) is 10.3. The largest absolute Gasteiger partial charge is 0.497 e. The van der Waals surface area contributed by atoms with Gasteiger partial charge in [-0.1, -0.05) is 18.2 Å². The van der Waals surface area contributed by atoms with Crippen LogP contribution in [-0.4, -0.2) is 33.3 Å². The number of fused-ring (bicyclic) bond motifs is 1. The number of nitrogens with one attached hydrogen (secondary N) is 2. The Labute approximate surface area is 194 Å². The number of hydrogen-bond donors (Lipinski definition) is 2. The van der Waals surface area contributed by atoms with Crippen LogP contribution >= 0.6 is 0 Å². The highest BCUT2D eigenvalue weighted by molar-refractivity contribution is 5.90.